The fourth-order valence-corrected chi connectivity index (χ4v) is 2.77. The monoisotopic (exact) mass is 338 g/mol. The summed E-state index contributed by atoms with van der Waals surface area (Å²) in [4.78, 5) is 24.2. The average Bonchev–Trinajstić information content (AvgIpc) is 2.65. The van der Waals surface area contributed by atoms with Crippen LogP contribution in [0.2, 0.25) is 0 Å². The highest BCUT2D eigenvalue weighted by Crippen LogP contribution is 2.17. The fraction of sp³-hybridized carbons (Fsp3) is 0.263. The molecule has 0 spiro atoms. The number of piperidine rings is 1. The van der Waals surface area contributed by atoms with Crippen molar-refractivity contribution < 1.29 is 9.59 Å². The number of hydrogen-bond donors (Lipinski definition) is 4. The summed E-state index contributed by atoms with van der Waals surface area (Å²) in [6.07, 6.45) is 1.94. The Morgan fingerprint density at radius 3 is 2.04 bits per heavy atom. The molecule has 1 fully saturated rings. The first-order valence-corrected chi connectivity index (χ1v) is 8.45. The first-order chi connectivity index (χ1) is 12.2. The number of nitrogens with one attached hydrogen (secondary N) is 4. The molecule has 0 radical (unpaired) electrons. The van der Waals surface area contributed by atoms with Crippen LogP contribution < -0.4 is 21.3 Å². The third kappa shape index (κ3) is 5.06. The molecule has 0 saturated carbocycles. The summed E-state index contributed by atoms with van der Waals surface area (Å²) < 4.78 is 0. The Balaban J connectivity index is 1.51. The van der Waals surface area contributed by atoms with E-state index in [2.05, 4.69) is 21.3 Å². The topological polar surface area (TPSA) is 82.3 Å². The zero-order valence-electron chi connectivity index (χ0n) is 13.9. The minimum atomic E-state index is -0.309. The second-order valence-corrected chi connectivity index (χ2v) is 6.06. The van der Waals surface area contributed by atoms with Crippen LogP contribution in [0.15, 0.2) is 54.6 Å². The highest BCUT2D eigenvalue weighted by Gasteiger charge is 2.20. The molecule has 2 aromatic rings. The van der Waals surface area contributed by atoms with E-state index in [4.69, 9.17) is 0 Å². The van der Waals surface area contributed by atoms with E-state index in [0.29, 0.717) is 5.69 Å². The van der Waals surface area contributed by atoms with Crippen LogP contribution in [0.3, 0.4) is 0 Å². The van der Waals surface area contributed by atoms with Crippen LogP contribution in [0.5, 0.6) is 0 Å². The molecule has 1 unspecified atom stereocenters. The minimum Gasteiger partial charge on any atom is -0.326 e. The molecule has 3 rings (SSSR count). The number of hydrogen-bond acceptors (Lipinski definition) is 3. The van der Waals surface area contributed by atoms with Gasteiger partial charge in [-0.15, -0.1) is 0 Å². The number of para-hydroxylation sites is 1. The largest absolute Gasteiger partial charge is 0.326 e. The highest BCUT2D eigenvalue weighted by molar-refractivity contribution is 6.00. The Hall–Kier alpha value is -2.86. The smallest absolute Gasteiger partial charge is 0.323 e. The van der Waals surface area contributed by atoms with E-state index in [1.165, 1.54) is 0 Å². The molecule has 130 valence electrons. The van der Waals surface area contributed by atoms with Gasteiger partial charge in [-0.25, -0.2) is 4.79 Å². The lowest BCUT2D eigenvalue weighted by Crippen LogP contribution is -2.37. The molecule has 1 atom stereocenters. The average molecular weight is 338 g/mol. The van der Waals surface area contributed by atoms with Crippen molar-refractivity contribution in [2.75, 3.05) is 29.0 Å². The highest BCUT2D eigenvalue weighted by atomic mass is 16.2. The molecule has 25 heavy (non-hydrogen) atoms. The summed E-state index contributed by atoms with van der Waals surface area (Å²) in [7, 11) is 0. The first kappa shape index (κ1) is 17.0. The predicted octanol–water partition coefficient (Wildman–Crippen LogP) is 3.27. The summed E-state index contributed by atoms with van der Waals surface area (Å²) in [5.41, 5.74) is 2.11. The van der Waals surface area contributed by atoms with Gasteiger partial charge in [0.25, 0.3) is 0 Å². The summed E-state index contributed by atoms with van der Waals surface area (Å²) in [5.74, 6) is 0.0536. The maximum atomic E-state index is 12.2. The van der Waals surface area contributed by atoms with Gasteiger partial charge in [0, 0.05) is 23.6 Å². The van der Waals surface area contributed by atoms with Crippen molar-refractivity contribution >= 4 is 29.0 Å². The molecule has 0 aromatic heterocycles. The molecule has 2 aromatic carbocycles. The normalized spacial score (nSPS) is 16.7. The quantitative estimate of drug-likeness (QED) is 0.690. The second-order valence-electron chi connectivity index (χ2n) is 6.06. The van der Waals surface area contributed by atoms with Gasteiger partial charge in [-0.1, -0.05) is 18.2 Å². The van der Waals surface area contributed by atoms with E-state index < -0.39 is 0 Å². The maximum absolute atomic E-state index is 12.2. The van der Waals surface area contributed by atoms with Crippen molar-refractivity contribution in [3.8, 4) is 0 Å². The molecule has 3 amide bonds. The van der Waals surface area contributed by atoms with Gasteiger partial charge in [0.15, 0.2) is 0 Å². The standard InChI is InChI=1S/C19H22N4O2/c24-18(14-5-4-12-20-13-14)21-16-8-10-17(11-9-16)23-19(25)22-15-6-2-1-3-7-15/h1-3,6-11,14,20H,4-5,12-13H2,(H,21,24)(H2,22,23,25). The van der Waals surface area contributed by atoms with Crippen molar-refractivity contribution in [2.45, 2.75) is 12.8 Å². The lowest BCUT2D eigenvalue weighted by molar-refractivity contribution is -0.120. The van der Waals surface area contributed by atoms with Crippen LogP contribution in [0.1, 0.15) is 12.8 Å². The Kier molecular flexibility index (Phi) is 5.64. The van der Waals surface area contributed by atoms with E-state index in [9.17, 15) is 9.59 Å². The number of benzene rings is 2. The summed E-state index contributed by atoms with van der Waals surface area (Å²) >= 11 is 0. The molecule has 1 aliphatic heterocycles. The number of urea groups is 1. The number of rotatable bonds is 4. The van der Waals surface area contributed by atoms with Gasteiger partial charge in [0.2, 0.25) is 5.91 Å². The SMILES string of the molecule is O=C(Nc1ccccc1)Nc1ccc(NC(=O)C2CCCNC2)cc1. The molecular formula is C19H22N4O2. The Labute approximate surface area is 147 Å². The van der Waals surface area contributed by atoms with Gasteiger partial charge >= 0.3 is 6.03 Å². The molecule has 1 heterocycles. The zero-order chi connectivity index (χ0) is 17.5. The molecule has 6 nitrogen and oxygen atoms in total. The zero-order valence-corrected chi connectivity index (χ0v) is 13.9. The molecule has 0 aliphatic carbocycles. The summed E-state index contributed by atoms with van der Waals surface area (Å²) in [6, 6.07) is 16.0. The lowest BCUT2D eigenvalue weighted by Gasteiger charge is -2.21. The third-order valence-electron chi connectivity index (χ3n) is 4.11. The van der Waals surface area contributed by atoms with E-state index in [1.807, 2.05) is 30.3 Å². The summed E-state index contributed by atoms with van der Waals surface area (Å²) in [5, 5.41) is 11.7. The number of carbonyl (C=O) groups is 2. The van der Waals surface area contributed by atoms with Crippen LogP contribution in [0, 0.1) is 5.92 Å². The van der Waals surface area contributed by atoms with Gasteiger partial charge in [0.05, 0.1) is 5.92 Å². The molecule has 4 N–H and O–H groups in total. The van der Waals surface area contributed by atoms with Gasteiger partial charge in [0.1, 0.15) is 0 Å². The van der Waals surface area contributed by atoms with Crippen molar-refractivity contribution in [3.63, 3.8) is 0 Å². The Morgan fingerprint density at radius 2 is 1.44 bits per heavy atom. The van der Waals surface area contributed by atoms with Gasteiger partial charge in [-0.3, -0.25) is 4.79 Å². The third-order valence-corrected chi connectivity index (χ3v) is 4.11. The Bertz CT molecular complexity index is 710. The minimum absolute atomic E-state index is 0.0169. The number of anilines is 3. The first-order valence-electron chi connectivity index (χ1n) is 8.45. The lowest BCUT2D eigenvalue weighted by atomic mass is 9.99. The van der Waals surface area contributed by atoms with Crippen LogP contribution in [0.25, 0.3) is 0 Å². The van der Waals surface area contributed by atoms with Crippen LogP contribution in [-0.4, -0.2) is 25.0 Å². The van der Waals surface area contributed by atoms with Crippen molar-refractivity contribution in [3.05, 3.63) is 54.6 Å². The van der Waals surface area contributed by atoms with Gasteiger partial charge < -0.3 is 21.3 Å². The maximum Gasteiger partial charge on any atom is 0.323 e. The van der Waals surface area contributed by atoms with E-state index in [0.717, 1.165) is 37.3 Å². The molecule has 1 saturated heterocycles. The van der Waals surface area contributed by atoms with E-state index in [-0.39, 0.29) is 17.9 Å². The molecule has 0 bridgehead atoms. The molecule has 1 aliphatic rings. The van der Waals surface area contributed by atoms with Crippen molar-refractivity contribution in [1.82, 2.24) is 5.32 Å². The number of amides is 3. The van der Waals surface area contributed by atoms with Gasteiger partial charge in [-0.2, -0.15) is 0 Å². The fourth-order valence-electron chi connectivity index (χ4n) is 2.77. The van der Waals surface area contributed by atoms with Gasteiger partial charge in [-0.05, 0) is 55.8 Å². The second kappa shape index (κ2) is 8.30. The van der Waals surface area contributed by atoms with Crippen LogP contribution in [-0.2, 0) is 4.79 Å². The van der Waals surface area contributed by atoms with Crippen LogP contribution >= 0.6 is 0 Å². The van der Waals surface area contributed by atoms with Crippen molar-refractivity contribution in [1.29, 1.82) is 0 Å². The summed E-state index contributed by atoms with van der Waals surface area (Å²) in [6.45, 7) is 1.71. The predicted molar refractivity (Wildman–Crippen MR) is 99.7 cm³/mol. The Morgan fingerprint density at radius 1 is 0.840 bits per heavy atom. The van der Waals surface area contributed by atoms with E-state index in [1.54, 1.807) is 24.3 Å². The van der Waals surface area contributed by atoms with Crippen LogP contribution in [0.4, 0.5) is 21.9 Å². The number of carbonyl (C=O) groups excluding carboxylic acids is 2. The molecule has 6 heteroatoms. The molecular weight excluding hydrogens is 316 g/mol. The van der Waals surface area contributed by atoms with E-state index >= 15 is 0 Å². The van der Waals surface area contributed by atoms with Crippen molar-refractivity contribution in [2.24, 2.45) is 5.92 Å².